The SMILES string of the molecule is COc1cc(CN)c([N+](=O)[O-])cc1OCCC1CCCO1. The maximum atomic E-state index is 11.0. The lowest BCUT2D eigenvalue weighted by atomic mass is 10.1. The van der Waals surface area contributed by atoms with Gasteiger partial charge in [-0.15, -0.1) is 0 Å². The van der Waals surface area contributed by atoms with Gasteiger partial charge >= 0.3 is 0 Å². The lowest BCUT2D eigenvalue weighted by molar-refractivity contribution is -0.385. The molecular formula is C14H20N2O5. The summed E-state index contributed by atoms with van der Waals surface area (Å²) >= 11 is 0. The quantitative estimate of drug-likeness (QED) is 0.610. The lowest BCUT2D eigenvalue weighted by Gasteiger charge is -2.14. The Morgan fingerprint density at radius 3 is 2.86 bits per heavy atom. The van der Waals surface area contributed by atoms with E-state index in [-0.39, 0.29) is 18.3 Å². The first-order valence-corrected chi connectivity index (χ1v) is 6.95. The van der Waals surface area contributed by atoms with Gasteiger partial charge in [0, 0.05) is 25.1 Å². The molecule has 21 heavy (non-hydrogen) atoms. The van der Waals surface area contributed by atoms with Crippen molar-refractivity contribution in [2.75, 3.05) is 20.3 Å². The number of benzene rings is 1. The minimum Gasteiger partial charge on any atom is -0.493 e. The molecule has 1 fully saturated rings. The number of methoxy groups -OCH3 is 1. The van der Waals surface area contributed by atoms with E-state index in [1.54, 1.807) is 6.07 Å². The van der Waals surface area contributed by atoms with Crippen molar-refractivity contribution >= 4 is 5.69 Å². The van der Waals surface area contributed by atoms with E-state index in [9.17, 15) is 10.1 Å². The lowest BCUT2D eigenvalue weighted by Crippen LogP contribution is -2.11. The largest absolute Gasteiger partial charge is 0.493 e. The molecule has 2 rings (SSSR count). The van der Waals surface area contributed by atoms with Crippen molar-refractivity contribution in [3.8, 4) is 11.5 Å². The van der Waals surface area contributed by atoms with E-state index in [0.717, 1.165) is 25.9 Å². The molecule has 1 saturated heterocycles. The van der Waals surface area contributed by atoms with Crippen LogP contribution in [0.3, 0.4) is 0 Å². The fourth-order valence-corrected chi connectivity index (χ4v) is 2.37. The Labute approximate surface area is 123 Å². The Balaban J connectivity index is 2.08. The van der Waals surface area contributed by atoms with Gasteiger partial charge in [0.05, 0.1) is 30.8 Å². The Hall–Kier alpha value is -1.86. The number of rotatable bonds is 7. The van der Waals surface area contributed by atoms with E-state index >= 15 is 0 Å². The molecule has 1 aliphatic heterocycles. The second-order valence-electron chi connectivity index (χ2n) is 4.87. The average Bonchev–Trinajstić information content (AvgIpc) is 2.99. The third-order valence-electron chi connectivity index (χ3n) is 3.50. The summed E-state index contributed by atoms with van der Waals surface area (Å²) in [5.74, 6) is 0.813. The zero-order chi connectivity index (χ0) is 15.2. The Morgan fingerprint density at radius 1 is 1.48 bits per heavy atom. The van der Waals surface area contributed by atoms with Gasteiger partial charge in [-0.2, -0.15) is 0 Å². The molecule has 0 amide bonds. The maximum Gasteiger partial charge on any atom is 0.277 e. The fourth-order valence-electron chi connectivity index (χ4n) is 2.37. The molecule has 2 N–H and O–H groups in total. The highest BCUT2D eigenvalue weighted by Crippen LogP contribution is 2.34. The second kappa shape index (κ2) is 7.24. The van der Waals surface area contributed by atoms with Crippen LogP contribution in [0.15, 0.2) is 12.1 Å². The highest BCUT2D eigenvalue weighted by molar-refractivity contribution is 5.54. The van der Waals surface area contributed by atoms with Crippen molar-refractivity contribution in [1.29, 1.82) is 0 Å². The van der Waals surface area contributed by atoms with Crippen LogP contribution in [0.2, 0.25) is 0 Å². The summed E-state index contributed by atoms with van der Waals surface area (Å²) in [7, 11) is 1.49. The van der Waals surface area contributed by atoms with Gasteiger partial charge in [0.25, 0.3) is 5.69 Å². The number of nitro groups is 1. The zero-order valence-corrected chi connectivity index (χ0v) is 12.0. The van der Waals surface area contributed by atoms with E-state index in [1.165, 1.54) is 13.2 Å². The molecule has 0 spiro atoms. The molecule has 1 aliphatic rings. The number of nitrogens with zero attached hydrogens (tertiary/aromatic N) is 1. The van der Waals surface area contributed by atoms with Crippen molar-refractivity contribution in [3.63, 3.8) is 0 Å². The molecule has 1 aromatic carbocycles. The summed E-state index contributed by atoms with van der Waals surface area (Å²) in [6.45, 7) is 1.30. The molecule has 1 aromatic rings. The van der Waals surface area contributed by atoms with Gasteiger partial charge in [0.2, 0.25) is 0 Å². The van der Waals surface area contributed by atoms with E-state index in [0.29, 0.717) is 23.7 Å². The number of hydrogen-bond acceptors (Lipinski definition) is 6. The Kier molecular flexibility index (Phi) is 5.35. The third kappa shape index (κ3) is 3.83. The van der Waals surface area contributed by atoms with Crippen LogP contribution in [0.1, 0.15) is 24.8 Å². The molecule has 0 aromatic heterocycles. The van der Waals surface area contributed by atoms with Crippen LogP contribution in [0.5, 0.6) is 11.5 Å². The average molecular weight is 296 g/mol. The number of nitrogens with two attached hydrogens (primary N) is 1. The highest BCUT2D eigenvalue weighted by atomic mass is 16.6. The maximum absolute atomic E-state index is 11.0. The molecule has 116 valence electrons. The van der Waals surface area contributed by atoms with E-state index in [1.807, 2.05) is 0 Å². The van der Waals surface area contributed by atoms with Crippen molar-refractivity contribution in [3.05, 3.63) is 27.8 Å². The van der Waals surface area contributed by atoms with Gasteiger partial charge in [-0.3, -0.25) is 10.1 Å². The van der Waals surface area contributed by atoms with Crippen LogP contribution in [-0.2, 0) is 11.3 Å². The van der Waals surface area contributed by atoms with Crippen LogP contribution < -0.4 is 15.2 Å². The van der Waals surface area contributed by atoms with E-state index < -0.39 is 4.92 Å². The molecular weight excluding hydrogens is 276 g/mol. The molecule has 0 aliphatic carbocycles. The monoisotopic (exact) mass is 296 g/mol. The molecule has 1 atom stereocenters. The highest BCUT2D eigenvalue weighted by Gasteiger charge is 2.20. The normalized spacial score (nSPS) is 17.7. The predicted molar refractivity (Wildman–Crippen MR) is 76.6 cm³/mol. The summed E-state index contributed by atoms with van der Waals surface area (Å²) < 4.78 is 16.4. The summed E-state index contributed by atoms with van der Waals surface area (Å²) in [5, 5.41) is 11.0. The number of nitro benzene ring substituents is 1. The number of ether oxygens (including phenoxy) is 3. The topological polar surface area (TPSA) is 96.9 Å². The van der Waals surface area contributed by atoms with Gasteiger partial charge in [-0.1, -0.05) is 0 Å². The Morgan fingerprint density at radius 2 is 2.29 bits per heavy atom. The summed E-state index contributed by atoms with van der Waals surface area (Å²) in [4.78, 5) is 10.6. The van der Waals surface area contributed by atoms with Crippen LogP contribution in [0.4, 0.5) is 5.69 Å². The molecule has 7 heteroatoms. The van der Waals surface area contributed by atoms with Crippen molar-refractivity contribution in [2.24, 2.45) is 5.73 Å². The van der Waals surface area contributed by atoms with E-state index in [2.05, 4.69) is 0 Å². The van der Waals surface area contributed by atoms with Crippen LogP contribution >= 0.6 is 0 Å². The van der Waals surface area contributed by atoms with Gasteiger partial charge in [0.1, 0.15) is 0 Å². The Bertz CT molecular complexity index is 500. The molecule has 7 nitrogen and oxygen atoms in total. The predicted octanol–water partition coefficient (Wildman–Crippen LogP) is 2.01. The first-order valence-electron chi connectivity index (χ1n) is 6.95. The van der Waals surface area contributed by atoms with Crippen LogP contribution in [0.25, 0.3) is 0 Å². The zero-order valence-electron chi connectivity index (χ0n) is 12.0. The first-order chi connectivity index (χ1) is 10.2. The molecule has 0 saturated carbocycles. The molecule has 0 bridgehead atoms. The smallest absolute Gasteiger partial charge is 0.277 e. The van der Waals surface area contributed by atoms with Crippen molar-refractivity contribution in [1.82, 2.24) is 0 Å². The van der Waals surface area contributed by atoms with Crippen LogP contribution in [-0.4, -0.2) is 31.4 Å². The fraction of sp³-hybridized carbons (Fsp3) is 0.571. The first kappa shape index (κ1) is 15.5. The van der Waals surface area contributed by atoms with E-state index in [4.69, 9.17) is 19.9 Å². The molecule has 1 unspecified atom stereocenters. The molecule has 1 heterocycles. The third-order valence-corrected chi connectivity index (χ3v) is 3.50. The summed E-state index contributed by atoms with van der Waals surface area (Å²) in [5.41, 5.74) is 5.90. The number of hydrogen-bond donors (Lipinski definition) is 1. The van der Waals surface area contributed by atoms with Gasteiger partial charge in [0.15, 0.2) is 11.5 Å². The van der Waals surface area contributed by atoms with Gasteiger partial charge in [-0.05, 0) is 18.9 Å². The second-order valence-corrected chi connectivity index (χ2v) is 4.87. The van der Waals surface area contributed by atoms with Crippen LogP contribution in [0, 0.1) is 10.1 Å². The minimum atomic E-state index is -0.464. The van der Waals surface area contributed by atoms with Gasteiger partial charge < -0.3 is 19.9 Å². The standard InChI is InChI=1S/C14H20N2O5/c1-19-13-7-10(9-15)12(16(17)18)8-14(13)21-6-4-11-3-2-5-20-11/h7-8,11H,2-6,9,15H2,1H3. The summed E-state index contributed by atoms with van der Waals surface area (Å²) in [6, 6.07) is 2.93. The van der Waals surface area contributed by atoms with Crippen molar-refractivity contribution < 1.29 is 19.1 Å². The van der Waals surface area contributed by atoms with Gasteiger partial charge in [-0.25, -0.2) is 0 Å². The minimum absolute atomic E-state index is 0.0505. The summed E-state index contributed by atoms with van der Waals surface area (Å²) in [6.07, 6.45) is 3.08. The molecule has 0 radical (unpaired) electrons. The van der Waals surface area contributed by atoms with Crippen molar-refractivity contribution in [2.45, 2.75) is 31.9 Å².